The number of halogens is 1. The molecule has 0 saturated carbocycles. The molecule has 7 nitrogen and oxygen atoms in total. The number of hydrogen-bond acceptors (Lipinski definition) is 8. The Kier molecular flexibility index (Phi) is 5.97. The molecule has 4 aromatic rings. The first-order chi connectivity index (χ1) is 15.0. The molecule has 0 amide bonds. The number of benzene rings is 2. The molecule has 2 aromatic heterocycles. The van der Waals surface area contributed by atoms with E-state index in [1.165, 1.54) is 38.0 Å². The van der Waals surface area contributed by atoms with Crippen LogP contribution >= 0.6 is 27.3 Å². The van der Waals surface area contributed by atoms with E-state index in [4.69, 9.17) is 9.47 Å². The van der Waals surface area contributed by atoms with E-state index in [9.17, 15) is 9.59 Å². The van der Waals surface area contributed by atoms with E-state index in [2.05, 4.69) is 31.2 Å². The molecule has 0 aliphatic rings. The number of methoxy groups -OCH3 is 2. The van der Waals surface area contributed by atoms with E-state index < -0.39 is 11.9 Å². The Morgan fingerprint density at radius 2 is 1.61 bits per heavy atom. The van der Waals surface area contributed by atoms with Gasteiger partial charge in [-0.3, -0.25) is 0 Å². The standard InChI is InChI=1S/C22H16BrN3O4S/c1-29-21(27)13-7-14(22(28)30-2)9-16(8-13)26-19-18-17(10-31-20(18)25-11-24-19)12-3-5-15(23)6-4-12/h3-11H,1-2H3,(H,24,25,26). The second kappa shape index (κ2) is 8.83. The number of fused-ring (bicyclic) bond motifs is 1. The first-order valence-electron chi connectivity index (χ1n) is 9.07. The molecule has 4 rings (SSSR count). The van der Waals surface area contributed by atoms with Gasteiger partial charge in [-0.25, -0.2) is 19.6 Å². The molecule has 0 spiro atoms. The Labute approximate surface area is 190 Å². The highest BCUT2D eigenvalue weighted by molar-refractivity contribution is 9.10. The molecule has 0 aliphatic carbocycles. The fraction of sp³-hybridized carbons (Fsp3) is 0.0909. The van der Waals surface area contributed by atoms with Crippen molar-refractivity contribution >= 4 is 60.9 Å². The lowest BCUT2D eigenvalue weighted by Gasteiger charge is -2.11. The fourth-order valence-corrected chi connectivity index (χ4v) is 4.30. The van der Waals surface area contributed by atoms with Crippen LogP contribution in [0.5, 0.6) is 0 Å². The van der Waals surface area contributed by atoms with Crippen molar-refractivity contribution in [2.75, 3.05) is 19.5 Å². The summed E-state index contributed by atoms with van der Waals surface area (Å²) in [6, 6.07) is 12.6. The minimum Gasteiger partial charge on any atom is -0.465 e. The van der Waals surface area contributed by atoms with Gasteiger partial charge in [-0.05, 0) is 35.9 Å². The molecule has 0 bridgehead atoms. The topological polar surface area (TPSA) is 90.4 Å². The van der Waals surface area contributed by atoms with Gasteiger partial charge in [0.2, 0.25) is 0 Å². The number of hydrogen-bond donors (Lipinski definition) is 1. The third kappa shape index (κ3) is 4.28. The monoisotopic (exact) mass is 497 g/mol. The number of ether oxygens (including phenoxy) is 2. The summed E-state index contributed by atoms with van der Waals surface area (Å²) in [5.41, 5.74) is 2.93. The summed E-state index contributed by atoms with van der Waals surface area (Å²) in [4.78, 5) is 33.8. The molecule has 0 fully saturated rings. The third-order valence-corrected chi connectivity index (χ3v) is 5.98. The summed E-state index contributed by atoms with van der Waals surface area (Å²) >= 11 is 4.97. The first-order valence-corrected chi connectivity index (χ1v) is 10.7. The normalized spacial score (nSPS) is 10.7. The van der Waals surface area contributed by atoms with E-state index in [1.807, 2.05) is 29.6 Å². The van der Waals surface area contributed by atoms with Crippen molar-refractivity contribution in [2.24, 2.45) is 0 Å². The molecule has 0 radical (unpaired) electrons. The van der Waals surface area contributed by atoms with Crippen molar-refractivity contribution in [1.29, 1.82) is 0 Å². The molecule has 0 saturated heterocycles. The Morgan fingerprint density at radius 3 is 2.23 bits per heavy atom. The first kappa shape index (κ1) is 21.0. The molecular formula is C22H16BrN3O4S. The van der Waals surface area contributed by atoms with Gasteiger partial charge >= 0.3 is 11.9 Å². The van der Waals surface area contributed by atoms with Crippen LogP contribution in [0.2, 0.25) is 0 Å². The Hall–Kier alpha value is -3.30. The van der Waals surface area contributed by atoms with Gasteiger partial charge in [0, 0.05) is 21.1 Å². The lowest BCUT2D eigenvalue weighted by Crippen LogP contribution is -2.08. The van der Waals surface area contributed by atoms with Gasteiger partial charge in [0.1, 0.15) is 17.0 Å². The van der Waals surface area contributed by atoms with E-state index in [0.29, 0.717) is 11.5 Å². The highest BCUT2D eigenvalue weighted by Gasteiger charge is 2.17. The maximum absolute atomic E-state index is 12.1. The quantitative estimate of drug-likeness (QED) is 0.367. The third-order valence-electron chi connectivity index (χ3n) is 4.56. The average molecular weight is 498 g/mol. The van der Waals surface area contributed by atoms with Crippen molar-refractivity contribution in [3.63, 3.8) is 0 Å². The predicted molar refractivity (Wildman–Crippen MR) is 123 cm³/mol. The number of anilines is 2. The molecular weight excluding hydrogens is 482 g/mol. The highest BCUT2D eigenvalue weighted by atomic mass is 79.9. The van der Waals surface area contributed by atoms with Crippen LogP contribution in [-0.4, -0.2) is 36.1 Å². The molecule has 0 atom stereocenters. The summed E-state index contributed by atoms with van der Waals surface area (Å²) in [5, 5.41) is 6.10. The maximum Gasteiger partial charge on any atom is 0.337 e. The van der Waals surface area contributed by atoms with Gasteiger partial charge in [0.25, 0.3) is 0 Å². The second-order valence-corrected chi connectivity index (χ2v) is 8.24. The van der Waals surface area contributed by atoms with Gasteiger partial charge in [0.15, 0.2) is 0 Å². The number of carbonyl (C=O) groups excluding carboxylic acids is 2. The number of carbonyl (C=O) groups is 2. The van der Waals surface area contributed by atoms with Gasteiger partial charge < -0.3 is 14.8 Å². The van der Waals surface area contributed by atoms with Crippen LogP contribution in [0.3, 0.4) is 0 Å². The minimum atomic E-state index is -0.562. The Bertz CT molecular complexity index is 1250. The van der Waals surface area contributed by atoms with Crippen LogP contribution in [0.1, 0.15) is 20.7 Å². The van der Waals surface area contributed by atoms with Crippen molar-refractivity contribution in [3.8, 4) is 11.1 Å². The fourth-order valence-electron chi connectivity index (χ4n) is 3.12. The zero-order chi connectivity index (χ0) is 22.0. The predicted octanol–water partition coefficient (Wildman–Crippen LogP) is 5.44. The van der Waals surface area contributed by atoms with Gasteiger partial charge in [-0.2, -0.15) is 0 Å². The maximum atomic E-state index is 12.1. The largest absolute Gasteiger partial charge is 0.465 e. The van der Waals surface area contributed by atoms with Crippen LogP contribution in [0.25, 0.3) is 21.3 Å². The van der Waals surface area contributed by atoms with Gasteiger partial charge in [-0.1, -0.05) is 28.1 Å². The molecule has 9 heteroatoms. The number of nitrogens with one attached hydrogen (secondary N) is 1. The van der Waals surface area contributed by atoms with Crippen LogP contribution in [0.4, 0.5) is 11.5 Å². The Balaban J connectivity index is 1.82. The van der Waals surface area contributed by atoms with E-state index in [-0.39, 0.29) is 11.1 Å². The van der Waals surface area contributed by atoms with Crippen LogP contribution < -0.4 is 5.32 Å². The summed E-state index contributed by atoms with van der Waals surface area (Å²) in [5.74, 6) is -0.567. The summed E-state index contributed by atoms with van der Waals surface area (Å²) in [7, 11) is 2.56. The van der Waals surface area contributed by atoms with E-state index >= 15 is 0 Å². The molecule has 1 N–H and O–H groups in total. The zero-order valence-electron chi connectivity index (χ0n) is 16.5. The zero-order valence-corrected chi connectivity index (χ0v) is 18.9. The summed E-state index contributed by atoms with van der Waals surface area (Å²) in [6.45, 7) is 0. The highest BCUT2D eigenvalue weighted by Crippen LogP contribution is 2.38. The molecule has 156 valence electrons. The lowest BCUT2D eigenvalue weighted by molar-refractivity contribution is 0.0599. The number of rotatable bonds is 5. The molecule has 0 aliphatic heterocycles. The van der Waals surface area contributed by atoms with Crippen LogP contribution in [-0.2, 0) is 9.47 Å². The molecule has 2 heterocycles. The van der Waals surface area contributed by atoms with Crippen molar-refractivity contribution in [3.05, 3.63) is 69.8 Å². The molecule has 31 heavy (non-hydrogen) atoms. The smallest absolute Gasteiger partial charge is 0.337 e. The molecule has 0 unspecified atom stereocenters. The van der Waals surface area contributed by atoms with E-state index in [1.54, 1.807) is 12.1 Å². The average Bonchev–Trinajstić information content (AvgIpc) is 3.23. The SMILES string of the molecule is COC(=O)c1cc(Nc2ncnc3scc(-c4ccc(Br)cc4)c23)cc(C(=O)OC)c1. The number of nitrogens with zero attached hydrogens (tertiary/aromatic N) is 2. The van der Waals surface area contributed by atoms with Gasteiger partial charge in [0.05, 0.1) is 30.7 Å². The van der Waals surface area contributed by atoms with Crippen molar-refractivity contribution in [2.45, 2.75) is 0 Å². The molecule has 2 aromatic carbocycles. The van der Waals surface area contributed by atoms with Gasteiger partial charge in [-0.15, -0.1) is 11.3 Å². The van der Waals surface area contributed by atoms with Crippen LogP contribution in [0, 0.1) is 0 Å². The second-order valence-electron chi connectivity index (χ2n) is 6.47. The lowest BCUT2D eigenvalue weighted by atomic mass is 10.1. The number of thiophene rings is 1. The van der Waals surface area contributed by atoms with E-state index in [0.717, 1.165) is 25.8 Å². The van der Waals surface area contributed by atoms with Crippen LogP contribution in [0.15, 0.2) is 58.6 Å². The Morgan fingerprint density at radius 1 is 0.968 bits per heavy atom. The number of aromatic nitrogens is 2. The summed E-state index contributed by atoms with van der Waals surface area (Å²) < 4.78 is 10.6. The van der Waals surface area contributed by atoms with Crippen molar-refractivity contribution < 1.29 is 19.1 Å². The number of esters is 2. The van der Waals surface area contributed by atoms with Crippen molar-refractivity contribution in [1.82, 2.24) is 9.97 Å². The summed E-state index contributed by atoms with van der Waals surface area (Å²) in [6.07, 6.45) is 1.47. The minimum absolute atomic E-state index is 0.219.